The van der Waals surface area contributed by atoms with Gasteiger partial charge in [0.25, 0.3) is 0 Å². The molecule has 2 rings (SSSR count). The molecule has 0 bridgehead atoms. The zero-order valence-corrected chi connectivity index (χ0v) is 19.2. The van der Waals surface area contributed by atoms with Gasteiger partial charge in [0.15, 0.2) is 9.84 Å². The fourth-order valence-electron chi connectivity index (χ4n) is 3.79. The van der Waals surface area contributed by atoms with Gasteiger partial charge in [-0.15, -0.1) is 0 Å². The zero-order valence-electron chi connectivity index (χ0n) is 17.5. The molecule has 0 amide bonds. The molecular formula is C21H35NO4S2. The molecule has 1 aliphatic rings. The van der Waals surface area contributed by atoms with Gasteiger partial charge in [-0.25, -0.2) is 21.6 Å². The van der Waals surface area contributed by atoms with E-state index in [-0.39, 0.29) is 11.3 Å². The quantitative estimate of drug-likeness (QED) is 0.645. The Morgan fingerprint density at radius 2 is 1.43 bits per heavy atom. The van der Waals surface area contributed by atoms with Crippen molar-refractivity contribution in [2.75, 3.05) is 5.75 Å². The summed E-state index contributed by atoms with van der Waals surface area (Å²) >= 11 is 0. The first-order valence-electron chi connectivity index (χ1n) is 10.3. The van der Waals surface area contributed by atoms with Gasteiger partial charge >= 0.3 is 0 Å². The topological polar surface area (TPSA) is 80.3 Å². The molecule has 28 heavy (non-hydrogen) atoms. The lowest BCUT2D eigenvalue weighted by molar-refractivity contribution is 0.278. The number of sulfone groups is 1. The van der Waals surface area contributed by atoms with Crippen LogP contribution in [-0.4, -0.2) is 33.9 Å². The summed E-state index contributed by atoms with van der Waals surface area (Å²) in [5.74, 6) is 1.27. The molecule has 1 aromatic rings. The average Bonchev–Trinajstić information content (AvgIpc) is 2.60. The maximum Gasteiger partial charge on any atom is 0.240 e. The van der Waals surface area contributed by atoms with Crippen LogP contribution in [0.5, 0.6) is 0 Å². The fraction of sp³-hybridized carbons (Fsp3) is 0.714. The van der Waals surface area contributed by atoms with Crippen molar-refractivity contribution < 1.29 is 16.8 Å². The van der Waals surface area contributed by atoms with E-state index in [9.17, 15) is 16.8 Å². The van der Waals surface area contributed by atoms with Crippen LogP contribution in [0.15, 0.2) is 29.2 Å². The number of rotatable bonds is 9. The minimum Gasteiger partial charge on any atom is -0.229 e. The van der Waals surface area contributed by atoms with Crippen LogP contribution in [-0.2, 0) is 26.3 Å². The average molecular weight is 430 g/mol. The molecule has 160 valence electrons. The molecule has 0 atom stereocenters. The SMILES string of the molecule is CC(C)NS(=O)(=O)c1ccc(CCC2CCC(CS(=O)(=O)C(C)C)CC2)cc1. The molecule has 0 saturated heterocycles. The van der Waals surface area contributed by atoms with E-state index in [4.69, 9.17) is 0 Å². The van der Waals surface area contributed by atoms with Crippen molar-refractivity contribution in [1.82, 2.24) is 4.72 Å². The predicted molar refractivity (Wildman–Crippen MR) is 115 cm³/mol. The van der Waals surface area contributed by atoms with Gasteiger partial charge in [0.1, 0.15) is 0 Å². The number of hydrogen-bond acceptors (Lipinski definition) is 4. The summed E-state index contributed by atoms with van der Waals surface area (Å²) in [6.45, 7) is 7.13. The van der Waals surface area contributed by atoms with Crippen LogP contribution in [0, 0.1) is 11.8 Å². The highest BCUT2D eigenvalue weighted by Gasteiger charge is 2.27. The molecule has 1 saturated carbocycles. The molecule has 1 aliphatic carbocycles. The highest BCUT2D eigenvalue weighted by Crippen LogP contribution is 2.33. The van der Waals surface area contributed by atoms with E-state index in [2.05, 4.69) is 4.72 Å². The largest absolute Gasteiger partial charge is 0.240 e. The third kappa shape index (κ3) is 6.85. The Kier molecular flexibility index (Phi) is 8.11. The van der Waals surface area contributed by atoms with Gasteiger partial charge in [-0.05, 0) is 82.9 Å². The Morgan fingerprint density at radius 3 is 1.93 bits per heavy atom. The zero-order chi connectivity index (χ0) is 20.9. The Bertz CT molecular complexity index is 820. The van der Waals surface area contributed by atoms with Crippen molar-refractivity contribution in [1.29, 1.82) is 0 Å². The molecule has 0 aliphatic heterocycles. The summed E-state index contributed by atoms with van der Waals surface area (Å²) in [6.07, 6.45) is 6.16. The molecule has 0 radical (unpaired) electrons. The normalized spacial score (nSPS) is 21.4. The molecule has 0 spiro atoms. The number of aryl methyl sites for hydroxylation is 1. The molecule has 1 fully saturated rings. The van der Waals surface area contributed by atoms with E-state index >= 15 is 0 Å². The van der Waals surface area contributed by atoms with Crippen LogP contribution in [0.25, 0.3) is 0 Å². The first-order valence-corrected chi connectivity index (χ1v) is 13.5. The monoisotopic (exact) mass is 429 g/mol. The Labute approximate surface area is 171 Å². The van der Waals surface area contributed by atoms with E-state index < -0.39 is 19.9 Å². The lowest BCUT2D eigenvalue weighted by Crippen LogP contribution is -2.30. The van der Waals surface area contributed by atoms with E-state index in [0.29, 0.717) is 22.5 Å². The molecule has 0 heterocycles. The van der Waals surface area contributed by atoms with Crippen LogP contribution in [0.4, 0.5) is 0 Å². The van der Waals surface area contributed by atoms with Crippen LogP contribution >= 0.6 is 0 Å². The van der Waals surface area contributed by atoms with E-state index in [1.165, 1.54) is 0 Å². The standard InChI is InChI=1S/C21H35NO4S2/c1-16(2)22-28(25,26)21-13-11-19(12-14-21)6-5-18-7-9-20(10-8-18)15-27(23,24)17(3)4/h11-14,16-18,20,22H,5-10,15H2,1-4H3. The van der Waals surface area contributed by atoms with Gasteiger partial charge in [0, 0.05) is 6.04 Å². The van der Waals surface area contributed by atoms with E-state index in [1.807, 2.05) is 12.1 Å². The lowest BCUT2D eigenvalue weighted by atomic mass is 9.80. The fourth-order valence-corrected chi connectivity index (χ4v) is 6.42. The summed E-state index contributed by atoms with van der Waals surface area (Å²) in [5, 5.41) is -0.284. The highest BCUT2D eigenvalue weighted by molar-refractivity contribution is 7.92. The second-order valence-corrected chi connectivity index (χ2v) is 13.0. The molecule has 1 N–H and O–H groups in total. The van der Waals surface area contributed by atoms with Crippen molar-refractivity contribution in [3.63, 3.8) is 0 Å². The minimum atomic E-state index is -3.44. The maximum atomic E-state index is 12.2. The molecular weight excluding hydrogens is 394 g/mol. The van der Waals surface area contributed by atoms with Crippen molar-refractivity contribution in [3.05, 3.63) is 29.8 Å². The van der Waals surface area contributed by atoms with Gasteiger partial charge in [-0.2, -0.15) is 0 Å². The lowest BCUT2D eigenvalue weighted by Gasteiger charge is -2.28. The number of nitrogens with one attached hydrogen (secondary N) is 1. The van der Waals surface area contributed by atoms with Crippen molar-refractivity contribution in [2.45, 2.75) is 82.4 Å². The Balaban J connectivity index is 1.81. The third-order valence-corrected chi connectivity index (χ3v) is 9.67. The van der Waals surface area contributed by atoms with Crippen LogP contribution in [0.2, 0.25) is 0 Å². The molecule has 5 nitrogen and oxygen atoms in total. The highest BCUT2D eigenvalue weighted by atomic mass is 32.2. The smallest absolute Gasteiger partial charge is 0.229 e. The van der Waals surface area contributed by atoms with Crippen molar-refractivity contribution in [3.8, 4) is 0 Å². The first-order chi connectivity index (χ1) is 13.0. The molecule has 0 aromatic heterocycles. The summed E-state index contributed by atoms with van der Waals surface area (Å²) in [6, 6.07) is 7.02. The van der Waals surface area contributed by atoms with Gasteiger partial charge < -0.3 is 0 Å². The molecule has 1 aromatic carbocycles. The van der Waals surface area contributed by atoms with Crippen LogP contribution in [0.1, 0.15) is 65.4 Å². The van der Waals surface area contributed by atoms with Crippen LogP contribution < -0.4 is 4.72 Å². The number of sulfonamides is 1. The van der Waals surface area contributed by atoms with Crippen LogP contribution in [0.3, 0.4) is 0 Å². The van der Waals surface area contributed by atoms with Gasteiger partial charge in [-0.3, -0.25) is 0 Å². The number of benzene rings is 1. The molecule has 0 unspecified atom stereocenters. The minimum absolute atomic E-state index is 0.129. The Hall–Kier alpha value is -0.920. The van der Waals surface area contributed by atoms with E-state index in [1.54, 1.807) is 39.8 Å². The van der Waals surface area contributed by atoms with Crippen molar-refractivity contribution in [2.24, 2.45) is 11.8 Å². The van der Waals surface area contributed by atoms with Gasteiger partial charge in [0.05, 0.1) is 15.9 Å². The van der Waals surface area contributed by atoms with Gasteiger partial charge in [0.2, 0.25) is 10.0 Å². The van der Waals surface area contributed by atoms with Gasteiger partial charge in [-0.1, -0.05) is 25.0 Å². The second kappa shape index (κ2) is 9.72. The molecule has 7 heteroatoms. The summed E-state index contributed by atoms with van der Waals surface area (Å²) in [7, 11) is -6.39. The predicted octanol–water partition coefficient (Wildman–Crippen LogP) is 3.94. The summed E-state index contributed by atoms with van der Waals surface area (Å²) in [4.78, 5) is 0.303. The maximum absolute atomic E-state index is 12.2. The van der Waals surface area contributed by atoms with Crippen molar-refractivity contribution >= 4 is 19.9 Å². The summed E-state index contributed by atoms with van der Waals surface area (Å²) in [5.41, 5.74) is 1.15. The number of hydrogen-bond donors (Lipinski definition) is 1. The third-order valence-electron chi connectivity index (χ3n) is 5.62. The summed E-state index contributed by atoms with van der Waals surface area (Å²) < 4.78 is 51.2. The second-order valence-electron chi connectivity index (χ2n) is 8.72. The van der Waals surface area contributed by atoms with E-state index in [0.717, 1.165) is 44.1 Å². The first kappa shape index (κ1) is 23.4. The Morgan fingerprint density at radius 1 is 0.893 bits per heavy atom.